The van der Waals surface area contributed by atoms with Gasteiger partial charge in [0.1, 0.15) is 6.04 Å². The molecule has 5 heteroatoms. The fraction of sp³-hybridized carbons (Fsp3) is 0.800. The van der Waals surface area contributed by atoms with Crippen molar-refractivity contribution in [1.29, 1.82) is 0 Å². The van der Waals surface area contributed by atoms with Gasteiger partial charge in [0.25, 0.3) is 0 Å². The van der Waals surface area contributed by atoms with Crippen LogP contribution in [-0.4, -0.2) is 46.5 Å². The second-order valence-corrected chi connectivity index (χ2v) is 2.71. The smallest absolute Gasteiger partial charge is 0.320 e. The molecule has 0 saturated heterocycles. The van der Waals surface area contributed by atoms with Gasteiger partial charge in [-0.15, -0.1) is 0 Å². The van der Waals surface area contributed by atoms with Gasteiger partial charge in [-0.1, -0.05) is 0 Å². The van der Waals surface area contributed by atoms with Crippen molar-refractivity contribution in [3.8, 4) is 0 Å². The molecule has 0 saturated carbocycles. The van der Waals surface area contributed by atoms with Crippen molar-refractivity contribution in [1.82, 2.24) is 0 Å². The summed E-state index contributed by atoms with van der Waals surface area (Å²) in [6, 6.07) is -0.683. The number of hydrogen-bond donors (Lipinski definition) is 2. The van der Waals surface area contributed by atoms with E-state index < -0.39 is 12.0 Å². The quantitative estimate of drug-likeness (QED) is 0.581. The molecule has 3 nitrogen and oxygen atoms in total. The predicted molar refractivity (Wildman–Crippen MR) is 44.4 cm³/mol. The van der Waals surface area contributed by atoms with E-state index in [1.807, 2.05) is 6.26 Å². The van der Waals surface area contributed by atoms with Crippen LogP contribution in [0.1, 0.15) is 6.42 Å². The minimum atomic E-state index is -0.913. The molecule has 3 radical (unpaired) electrons. The Morgan fingerprint density at radius 2 is 2.30 bits per heavy atom. The van der Waals surface area contributed by atoms with Crippen LogP contribution in [0.5, 0.6) is 0 Å². The third kappa shape index (κ3) is 6.43. The van der Waals surface area contributed by atoms with E-state index in [0.717, 1.165) is 5.75 Å². The van der Waals surface area contributed by atoms with Crippen LogP contribution in [0.4, 0.5) is 0 Å². The average molecular weight is 176 g/mol. The molecule has 0 aromatic heterocycles. The zero-order valence-corrected chi connectivity index (χ0v) is 7.88. The van der Waals surface area contributed by atoms with Gasteiger partial charge >= 0.3 is 5.97 Å². The van der Waals surface area contributed by atoms with Gasteiger partial charge in [-0.3, -0.25) is 4.79 Å². The first kappa shape index (κ1) is 12.9. The van der Waals surface area contributed by atoms with Crippen molar-refractivity contribution in [2.24, 2.45) is 5.73 Å². The van der Waals surface area contributed by atoms with Crippen molar-refractivity contribution in [3.05, 3.63) is 0 Å². The Balaban J connectivity index is 0. The predicted octanol–water partition coefficient (Wildman–Crippen LogP) is -0.229. The molecule has 0 heterocycles. The Kier molecular flexibility index (Phi) is 9.60. The molecule has 0 aliphatic rings. The lowest BCUT2D eigenvalue weighted by molar-refractivity contribution is -0.138. The zero-order chi connectivity index (χ0) is 7.28. The minimum Gasteiger partial charge on any atom is -0.480 e. The number of rotatable bonds is 4. The van der Waals surface area contributed by atoms with Gasteiger partial charge in [0.05, 0.1) is 0 Å². The zero-order valence-electron chi connectivity index (χ0n) is 5.91. The highest BCUT2D eigenvalue weighted by Gasteiger charge is 2.08. The molecule has 10 heavy (non-hydrogen) atoms. The van der Waals surface area contributed by atoms with Gasteiger partial charge in [-0.05, 0) is 18.4 Å². The number of thioether (sulfide) groups is 1. The molecule has 0 aromatic carbocycles. The maximum absolute atomic E-state index is 10.1. The molecule has 0 fully saturated rings. The number of aliphatic carboxylic acids is 1. The van der Waals surface area contributed by atoms with E-state index in [4.69, 9.17) is 10.8 Å². The van der Waals surface area contributed by atoms with Crippen molar-refractivity contribution in [3.63, 3.8) is 0 Å². The van der Waals surface area contributed by atoms with E-state index in [-0.39, 0.29) is 17.4 Å². The molecule has 0 amide bonds. The third-order valence-electron chi connectivity index (χ3n) is 0.950. The lowest BCUT2D eigenvalue weighted by Crippen LogP contribution is -2.30. The van der Waals surface area contributed by atoms with Crippen LogP contribution in [0.25, 0.3) is 0 Å². The number of carbonyl (C=O) groups is 1. The van der Waals surface area contributed by atoms with E-state index in [2.05, 4.69) is 0 Å². The van der Waals surface area contributed by atoms with Crippen molar-refractivity contribution in [2.45, 2.75) is 12.5 Å². The Hall–Kier alpha value is 0.312. The average Bonchev–Trinajstić information content (AvgIpc) is 1.82. The molecule has 0 aliphatic carbocycles. The Morgan fingerprint density at radius 3 is 2.60 bits per heavy atom. The van der Waals surface area contributed by atoms with E-state index in [1.165, 1.54) is 0 Å². The molecule has 3 N–H and O–H groups in total. The van der Waals surface area contributed by atoms with Gasteiger partial charge in [0.2, 0.25) is 0 Å². The summed E-state index contributed by atoms with van der Waals surface area (Å²) in [5.41, 5.74) is 5.19. The number of carboxylic acid groups (broad SMARTS) is 1. The molecule has 0 rings (SSSR count). The number of nitrogens with two attached hydrogens (primary N) is 1. The van der Waals surface area contributed by atoms with E-state index in [9.17, 15) is 4.79 Å². The summed E-state index contributed by atoms with van der Waals surface area (Å²) in [5.74, 6) is -0.1000. The first-order chi connectivity index (χ1) is 4.18. The van der Waals surface area contributed by atoms with E-state index in [0.29, 0.717) is 6.42 Å². The molecule has 0 aliphatic heterocycles. The maximum atomic E-state index is 10.1. The van der Waals surface area contributed by atoms with Crippen LogP contribution < -0.4 is 5.73 Å². The summed E-state index contributed by atoms with van der Waals surface area (Å²) in [7, 11) is 0. The minimum absolute atomic E-state index is 0. The molecular weight excluding hydrogens is 165 g/mol. The van der Waals surface area contributed by atoms with Gasteiger partial charge in [0, 0.05) is 17.4 Å². The van der Waals surface area contributed by atoms with Crippen LogP contribution in [0.3, 0.4) is 0 Å². The Morgan fingerprint density at radius 1 is 1.80 bits per heavy atom. The largest absolute Gasteiger partial charge is 0.480 e. The lowest BCUT2D eigenvalue weighted by atomic mass is 10.2. The molecule has 57 valence electrons. The first-order valence-electron chi connectivity index (χ1n) is 2.65. The summed E-state index contributed by atoms with van der Waals surface area (Å²) < 4.78 is 0. The standard InChI is InChI=1S/C5H11NO2S.Al/c1-9-3-2-4(6)5(7)8;/h4H,2-3,6H2,1H3,(H,7,8);/t4-;/m0./s1. The highest BCUT2D eigenvalue weighted by Crippen LogP contribution is 1.97. The summed E-state index contributed by atoms with van der Waals surface area (Å²) in [4.78, 5) is 10.1. The van der Waals surface area contributed by atoms with Crippen LogP contribution in [0.2, 0.25) is 0 Å². The molecule has 0 aromatic rings. The molecular formula is C5H11AlNO2S. The maximum Gasteiger partial charge on any atom is 0.320 e. The van der Waals surface area contributed by atoms with Gasteiger partial charge in [-0.2, -0.15) is 11.8 Å². The topological polar surface area (TPSA) is 63.3 Å². The van der Waals surface area contributed by atoms with Crippen molar-refractivity contribution < 1.29 is 9.90 Å². The Labute approximate surface area is 75.5 Å². The molecule has 1 atom stereocenters. The summed E-state index contributed by atoms with van der Waals surface area (Å²) in [6.07, 6.45) is 2.48. The summed E-state index contributed by atoms with van der Waals surface area (Å²) in [5, 5.41) is 8.27. The van der Waals surface area contributed by atoms with Gasteiger partial charge in [-0.25, -0.2) is 0 Å². The van der Waals surface area contributed by atoms with Crippen LogP contribution in [0.15, 0.2) is 0 Å². The summed E-state index contributed by atoms with van der Waals surface area (Å²) >= 11 is 1.60. The first-order valence-corrected chi connectivity index (χ1v) is 4.05. The van der Waals surface area contributed by atoms with Crippen LogP contribution in [-0.2, 0) is 4.79 Å². The third-order valence-corrected chi connectivity index (χ3v) is 1.59. The second-order valence-electron chi connectivity index (χ2n) is 1.73. The SMILES string of the molecule is CSCC[C@H](N)C(=O)O.[Al]. The molecule has 0 spiro atoms. The normalized spacial score (nSPS) is 11.8. The monoisotopic (exact) mass is 176 g/mol. The highest BCUT2D eigenvalue weighted by molar-refractivity contribution is 7.98. The number of carboxylic acids is 1. The fourth-order valence-corrected chi connectivity index (χ4v) is 0.858. The van der Waals surface area contributed by atoms with Gasteiger partial charge in [0.15, 0.2) is 0 Å². The van der Waals surface area contributed by atoms with Crippen LogP contribution in [0, 0.1) is 0 Å². The van der Waals surface area contributed by atoms with Gasteiger partial charge < -0.3 is 10.8 Å². The van der Waals surface area contributed by atoms with E-state index >= 15 is 0 Å². The number of hydrogen-bond acceptors (Lipinski definition) is 3. The lowest BCUT2D eigenvalue weighted by Gasteiger charge is -2.02. The summed E-state index contributed by atoms with van der Waals surface area (Å²) in [6.45, 7) is 0. The molecule has 0 unspecified atom stereocenters. The van der Waals surface area contributed by atoms with E-state index in [1.54, 1.807) is 11.8 Å². The Bertz CT molecular complexity index is 102. The van der Waals surface area contributed by atoms with Crippen molar-refractivity contribution in [2.75, 3.05) is 12.0 Å². The van der Waals surface area contributed by atoms with Crippen LogP contribution >= 0.6 is 11.8 Å². The molecule has 0 bridgehead atoms. The fourth-order valence-electron chi connectivity index (χ4n) is 0.368. The second kappa shape index (κ2) is 7.42. The highest BCUT2D eigenvalue weighted by atomic mass is 32.2. The van der Waals surface area contributed by atoms with Crippen molar-refractivity contribution >= 4 is 35.1 Å².